The molecule has 1 N–H and O–H groups in total. The van der Waals surface area contributed by atoms with E-state index < -0.39 is 0 Å². The fourth-order valence-corrected chi connectivity index (χ4v) is 2.98. The van der Waals surface area contributed by atoms with Gasteiger partial charge < -0.3 is 19.9 Å². The first kappa shape index (κ1) is 15.2. The lowest BCUT2D eigenvalue weighted by Gasteiger charge is -2.37. The number of carbonyl (C=O) groups is 1. The van der Waals surface area contributed by atoms with Crippen LogP contribution in [0.25, 0.3) is 0 Å². The number of morpholine rings is 1. The number of nitrogens with one attached hydrogen (secondary N) is 1. The molecule has 3 rings (SSSR count). The highest BCUT2D eigenvalue weighted by molar-refractivity contribution is 5.77. The minimum absolute atomic E-state index is 0.0224. The maximum atomic E-state index is 13.8. The number of para-hydroxylation sites is 1. The summed E-state index contributed by atoms with van der Waals surface area (Å²) in [6.07, 6.45) is 0.401. The molecule has 0 spiro atoms. The lowest BCUT2D eigenvalue weighted by Crippen LogP contribution is -2.50. The number of hydrogen-bond acceptors (Lipinski definition) is 4. The molecule has 2 aliphatic heterocycles. The molecule has 0 saturated carbocycles. The van der Waals surface area contributed by atoms with E-state index in [0.717, 1.165) is 13.1 Å². The van der Waals surface area contributed by atoms with Gasteiger partial charge in [0.15, 0.2) is 0 Å². The van der Waals surface area contributed by atoms with Crippen LogP contribution in [0.15, 0.2) is 24.3 Å². The van der Waals surface area contributed by atoms with Gasteiger partial charge in [-0.15, -0.1) is 0 Å². The first-order chi connectivity index (χ1) is 10.7. The predicted molar refractivity (Wildman–Crippen MR) is 82.4 cm³/mol. The summed E-state index contributed by atoms with van der Waals surface area (Å²) in [4.78, 5) is 16.2. The highest BCUT2D eigenvalue weighted by Crippen LogP contribution is 2.20. The second-order valence-electron chi connectivity index (χ2n) is 5.72. The first-order valence-electron chi connectivity index (χ1n) is 7.83. The van der Waals surface area contributed by atoms with Crippen molar-refractivity contribution in [3.05, 3.63) is 30.1 Å². The van der Waals surface area contributed by atoms with Crippen molar-refractivity contribution in [2.45, 2.75) is 12.5 Å². The second kappa shape index (κ2) is 7.07. The van der Waals surface area contributed by atoms with Crippen molar-refractivity contribution < 1.29 is 13.9 Å². The number of amides is 1. The largest absolute Gasteiger partial charge is 0.375 e. The number of anilines is 1. The van der Waals surface area contributed by atoms with Crippen LogP contribution in [-0.4, -0.2) is 62.8 Å². The molecular formula is C16H22FN3O2. The molecule has 2 aliphatic rings. The zero-order valence-corrected chi connectivity index (χ0v) is 12.6. The van der Waals surface area contributed by atoms with Gasteiger partial charge in [-0.1, -0.05) is 12.1 Å². The van der Waals surface area contributed by atoms with Crippen molar-refractivity contribution in [3.63, 3.8) is 0 Å². The highest BCUT2D eigenvalue weighted by atomic mass is 19.1. The number of halogens is 1. The highest BCUT2D eigenvalue weighted by Gasteiger charge is 2.25. The number of piperazine rings is 1. The molecule has 1 unspecified atom stereocenters. The van der Waals surface area contributed by atoms with E-state index in [1.54, 1.807) is 12.1 Å². The summed E-state index contributed by atoms with van der Waals surface area (Å²) >= 11 is 0. The Morgan fingerprint density at radius 3 is 2.73 bits per heavy atom. The Labute approximate surface area is 130 Å². The zero-order chi connectivity index (χ0) is 15.4. The minimum atomic E-state index is -0.205. The van der Waals surface area contributed by atoms with Crippen molar-refractivity contribution in [2.24, 2.45) is 0 Å². The molecule has 1 aromatic rings. The summed E-state index contributed by atoms with van der Waals surface area (Å²) in [6.45, 7) is 4.85. The van der Waals surface area contributed by atoms with E-state index >= 15 is 0 Å². The number of rotatable bonds is 3. The molecule has 0 radical (unpaired) electrons. The Morgan fingerprint density at radius 2 is 2.05 bits per heavy atom. The van der Waals surface area contributed by atoms with Crippen molar-refractivity contribution in [2.75, 3.05) is 50.8 Å². The Hall–Kier alpha value is -1.66. The topological polar surface area (TPSA) is 44.8 Å². The molecule has 2 saturated heterocycles. The average Bonchev–Trinajstić information content (AvgIpc) is 2.56. The molecule has 2 heterocycles. The Kier molecular flexibility index (Phi) is 4.90. The van der Waals surface area contributed by atoms with Crippen LogP contribution in [0, 0.1) is 5.82 Å². The third kappa shape index (κ3) is 3.56. The lowest BCUT2D eigenvalue weighted by atomic mass is 10.2. The van der Waals surface area contributed by atoms with E-state index in [9.17, 15) is 9.18 Å². The molecule has 0 aliphatic carbocycles. The Morgan fingerprint density at radius 1 is 1.27 bits per heavy atom. The van der Waals surface area contributed by atoms with Gasteiger partial charge in [0.2, 0.25) is 5.91 Å². The lowest BCUT2D eigenvalue weighted by molar-refractivity contribution is -0.135. The van der Waals surface area contributed by atoms with E-state index in [1.807, 2.05) is 15.9 Å². The maximum Gasteiger partial charge on any atom is 0.225 e. The van der Waals surface area contributed by atoms with E-state index in [1.165, 1.54) is 6.07 Å². The third-order valence-corrected chi connectivity index (χ3v) is 4.23. The number of benzene rings is 1. The molecule has 5 nitrogen and oxygen atoms in total. The van der Waals surface area contributed by atoms with Crippen molar-refractivity contribution in [3.8, 4) is 0 Å². The molecule has 0 aromatic heterocycles. The number of ether oxygens (including phenoxy) is 1. The summed E-state index contributed by atoms with van der Waals surface area (Å²) in [6, 6.07) is 6.79. The summed E-state index contributed by atoms with van der Waals surface area (Å²) in [7, 11) is 0. The monoisotopic (exact) mass is 307 g/mol. The van der Waals surface area contributed by atoms with Gasteiger partial charge in [0.25, 0.3) is 0 Å². The van der Waals surface area contributed by atoms with Crippen molar-refractivity contribution in [1.29, 1.82) is 0 Å². The third-order valence-electron chi connectivity index (χ3n) is 4.23. The van der Waals surface area contributed by atoms with E-state index in [2.05, 4.69) is 5.32 Å². The normalized spacial score (nSPS) is 22.7. The van der Waals surface area contributed by atoms with Crippen LogP contribution in [-0.2, 0) is 9.53 Å². The molecule has 1 atom stereocenters. The van der Waals surface area contributed by atoms with Crippen LogP contribution in [0.5, 0.6) is 0 Å². The maximum absolute atomic E-state index is 13.8. The molecular weight excluding hydrogens is 285 g/mol. The molecule has 22 heavy (non-hydrogen) atoms. The van der Waals surface area contributed by atoms with Crippen LogP contribution in [0.1, 0.15) is 6.42 Å². The minimum Gasteiger partial charge on any atom is -0.375 e. The number of carbonyl (C=O) groups excluding carboxylic acids is 1. The van der Waals surface area contributed by atoms with Gasteiger partial charge in [0.05, 0.1) is 24.8 Å². The number of nitrogens with zero attached hydrogens (tertiary/aromatic N) is 2. The van der Waals surface area contributed by atoms with Crippen LogP contribution in [0.2, 0.25) is 0 Å². The molecule has 1 aromatic carbocycles. The van der Waals surface area contributed by atoms with E-state index in [0.29, 0.717) is 44.9 Å². The van der Waals surface area contributed by atoms with Crippen LogP contribution >= 0.6 is 0 Å². The molecule has 6 heteroatoms. The van der Waals surface area contributed by atoms with Gasteiger partial charge in [-0.2, -0.15) is 0 Å². The fourth-order valence-electron chi connectivity index (χ4n) is 2.98. The summed E-state index contributed by atoms with van der Waals surface area (Å²) in [5.74, 6) is -0.0779. The van der Waals surface area contributed by atoms with Gasteiger partial charge in [-0.3, -0.25) is 4.79 Å². The van der Waals surface area contributed by atoms with E-state index in [-0.39, 0.29) is 17.8 Å². The van der Waals surface area contributed by atoms with Crippen LogP contribution in [0.3, 0.4) is 0 Å². The van der Waals surface area contributed by atoms with Gasteiger partial charge in [0.1, 0.15) is 5.82 Å². The summed E-state index contributed by atoms with van der Waals surface area (Å²) < 4.78 is 19.4. The van der Waals surface area contributed by atoms with Crippen molar-refractivity contribution >= 4 is 11.6 Å². The SMILES string of the molecule is O=C(CC1CNCCO1)N1CCN(c2ccccc2F)CC1. The van der Waals surface area contributed by atoms with E-state index in [4.69, 9.17) is 4.74 Å². The smallest absolute Gasteiger partial charge is 0.225 e. The molecule has 120 valence electrons. The standard InChI is InChI=1S/C16H22FN3O2/c17-14-3-1-2-4-15(14)19-6-8-20(9-7-19)16(21)11-13-12-18-5-10-22-13/h1-4,13,18H,5-12H2. The quantitative estimate of drug-likeness (QED) is 0.899. The Bertz CT molecular complexity index is 512. The average molecular weight is 307 g/mol. The second-order valence-corrected chi connectivity index (χ2v) is 5.72. The zero-order valence-electron chi connectivity index (χ0n) is 12.6. The van der Waals surface area contributed by atoms with Gasteiger partial charge >= 0.3 is 0 Å². The summed E-state index contributed by atoms with van der Waals surface area (Å²) in [5.41, 5.74) is 0.620. The van der Waals surface area contributed by atoms with Crippen molar-refractivity contribution in [1.82, 2.24) is 10.2 Å². The van der Waals surface area contributed by atoms with Crippen LogP contribution < -0.4 is 10.2 Å². The molecule has 0 bridgehead atoms. The fraction of sp³-hybridized carbons (Fsp3) is 0.562. The van der Waals surface area contributed by atoms with Gasteiger partial charge in [-0.25, -0.2) is 4.39 Å². The van der Waals surface area contributed by atoms with Gasteiger partial charge in [0, 0.05) is 39.3 Å². The predicted octanol–water partition coefficient (Wildman–Crippen LogP) is 0.853. The van der Waals surface area contributed by atoms with Crippen LogP contribution in [0.4, 0.5) is 10.1 Å². The molecule has 2 fully saturated rings. The Balaban J connectivity index is 1.51. The number of hydrogen-bond donors (Lipinski definition) is 1. The summed E-state index contributed by atoms with van der Waals surface area (Å²) in [5, 5.41) is 3.23. The van der Waals surface area contributed by atoms with Gasteiger partial charge in [-0.05, 0) is 12.1 Å². The molecule has 1 amide bonds. The first-order valence-corrected chi connectivity index (χ1v) is 7.83.